The van der Waals surface area contributed by atoms with Crippen molar-refractivity contribution in [1.82, 2.24) is 10.2 Å². The number of hydrogen-bond acceptors (Lipinski definition) is 3. The van der Waals surface area contributed by atoms with E-state index < -0.39 is 0 Å². The molecule has 122 valence electrons. The number of nitrogens with one attached hydrogen (secondary N) is 1. The van der Waals surface area contributed by atoms with Gasteiger partial charge in [0.15, 0.2) is 0 Å². The van der Waals surface area contributed by atoms with Gasteiger partial charge >= 0.3 is 0 Å². The number of rotatable bonds is 5. The van der Waals surface area contributed by atoms with Crippen LogP contribution in [0, 0.1) is 5.92 Å². The molecule has 1 saturated heterocycles. The van der Waals surface area contributed by atoms with Crippen LogP contribution in [0.3, 0.4) is 0 Å². The smallest absolute Gasteiger partial charge is 0.224 e. The molecule has 3 atom stereocenters. The molecule has 1 saturated carbocycles. The molecule has 4 nitrogen and oxygen atoms in total. The molecule has 0 aromatic carbocycles. The van der Waals surface area contributed by atoms with Gasteiger partial charge in [-0.05, 0) is 38.5 Å². The molecule has 1 amide bonds. The Labute approximate surface area is 129 Å². The van der Waals surface area contributed by atoms with E-state index in [-0.39, 0.29) is 12.6 Å². The minimum Gasteiger partial charge on any atom is -0.396 e. The zero-order valence-electron chi connectivity index (χ0n) is 13.5. The van der Waals surface area contributed by atoms with Crippen LogP contribution in [-0.4, -0.2) is 47.7 Å². The first-order chi connectivity index (χ1) is 10.2. The lowest BCUT2D eigenvalue weighted by Crippen LogP contribution is -2.46. The van der Waals surface area contributed by atoms with E-state index in [0.717, 1.165) is 38.8 Å². The van der Waals surface area contributed by atoms with Gasteiger partial charge in [-0.1, -0.05) is 25.7 Å². The zero-order valence-corrected chi connectivity index (χ0v) is 13.5. The van der Waals surface area contributed by atoms with Crippen molar-refractivity contribution >= 4 is 5.91 Å². The van der Waals surface area contributed by atoms with Crippen LogP contribution < -0.4 is 5.32 Å². The summed E-state index contributed by atoms with van der Waals surface area (Å²) in [5.41, 5.74) is 0. The Bertz CT molecular complexity index is 314. The van der Waals surface area contributed by atoms with E-state index in [4.69, 9.17) is 0 Å². The summed E-state index contributed by atoms with van der Waals surface area (Å²) < 4.78 is 0. The third-order valence-electron chi connectivity index (χ3n) is 5.08. The van der Waals surface area contributed by atoms with Crippen LogP contribution >= 0.6 is 0 Å². The highest BCUT2D eigenvalue weighted by Crippen LogP contribution is 2.24. The van der Waals surface area contributed by atoms with Crippen LogP contribution in [0.4, 0.5) is 0 Å². The van der Waals surface area contributed by atoms with E-state index in [1.807, 2.05) is 0 Å². The number of amides is 1. The topological polar surface area (TPSA) is 52.6 Å². The maximum absolute atomic E-state index is 12.4. The molecule has 21 heavy (non-hydrogen) atoms. The SMILES string of the molecule is CC(CC(=O)N1CCCCCC1)NC1CCCCC1CO. The number of hydrogen-bond donors (Lipinski definition) is 2. The molecule has 0 spiro atoms. The van der Waals surface area contributed by atoms with Crippen molar-refractivity contribution < 1.29 is 9.90 Å². The quantitative estimate of drug-likeness (QED) is 0.818. The Morgan fingerprint density at radius 2 is 1.81 bits per heavy atom. The Kier molecular flexibility index (Phi) is 6.97. The third kappa shape index (κ3) is 5.26. The summed E-state index contributed by atoms with van der Waals surface area (Å²) in [6, 6.07) is 0.591. The molecule has 1 aliphatic carbocycles. The van der Waals surface area contributed by atoms with Crippen molar-refractivity contribution in [3.8, 4) is 0 Å². The average molecular weight is 296 g/mol. The summed E-state index contributed by atoms with van der Waals surface area (Å²) in [5.74, 6) is 0.669. The van der Waals surface area contributed by atoms with Crippen molar-refractivity contribution in [2.45, 2.75) is 76.8 Å². The van der Waals surface area contributed by atoms with Crippen molar-refractivity contribution in [3.63, 3.8) is 0 Å². The minimum absolute atomic E-state index is 0.206. The van der Waals surface area contributed by atoms with Gasteiger partial charge in [0.05, 0.1) is 0 Å². The Hall–Kier alpha value is -0.610. The Balaban J connectivity index is 1.77. The number of carbonyl (C=O) groups is 1. The first-order valence-corrected chi connectivity index (χ1v) is 8.85. The molecule has 0 aromatic heterocycles. The van der Waals surface area contributed by atoms with E-state index in [2.05, 4.69) is 17.1 Å². The standard InChI is InChI=1S/C17H32N2O2/c1-14(18-16-9-5-4-8-15(16)13-20)12-17(21)19-10-6-2-3-7-11-19/h14-16,18,20H,2-13H2,1H3. The predicted octanol–water partition coefficient (Wildman–Crippen LogP) is 2.31. The zero-order chi connectivity index (χ0) is 15.1. The summed E-state index contributed by atoms with van der Waals surface area (Å²) in [7, 11) is 0. The summed E-state index contributed by atoms with van der Waals surface area (Å²) in [4.78, 5) is 14.4. The molecule has 1 aliphatic heterocycles. The second-order valence-electron chi connectivity index (χ2n) is 6.90. The van der Waals surface area contributed by atoms with Crippen LogP contribution in [0.25, 0.3) is 0 Å². The molecular weight excluding hydrogens is 264 g/mol. The van der Waals surface area contributed by atoms with Crippen LogP contribution in [0.5, 0.6) is 0 Å². The van der Waals surface area contributed by atoms with Gasteiger partial charge in [-0.15, -0.1) is 0 Å². The Morgan fingerprint density at radius 1 is 1.14 bits per heavy atom. The minimum atomic E-state index is 0.206. The highest BCUT2D eigenvalue weighted by molar-refractivity contribution is 5.76. The summed E-state index contributed by atoms with van der Waals surface area (Å²) in [6.45, 7) is 4.26. The van der Waals surface area contributed by atoms with Crippen LogP contribution in [0.1, 0.15) is 64.7 Å². The number of aliphatic hydroxyl groups excluding tert-OH is 1. The molecule has 0 radical (unpaired) electrons. The third-order valence-corrected chi connectivity index (χ3v) is 5.08. The number of carbonyl (C=O) groups excluding carboxylic acids is 1. The normalized spacial score (nSPS) is 29.0. The van der Waals surface area contributed by atoms with Crippen molar-refractivity contribution in [2.75, 3.05) is 19.7 Å². The number of aliphatic hydroxyl groups is 1. The molecule has 1 heterocycles. The first kappa shape index (κ1) is 16.8. The predicted molar refractivity (Wildman–Crippen MR) is 85.1 cm³/mol. The lowest BCUT2D eigenvalue weighted by Gasteiger charge is -2.33. The molecule has 2 rings (SSSR count). The summed E-state index contributed by atoms with van der Waals surface area (Å²) in [5, 5.41) is 13.1. The van der Waals surface area contributed by atoms with Crippen LogP contribution in [0.15, 0.2) is 0 Å². The second kappa shape index (κ2) is 8.74. The van der Waals surface area contributed by atoms with Gasteiger partial charge in [-0.2, -0.15) is 0 Å². The Morgan fingerprint density at radius 3 is 2.48 bits per heavy atom. The van der Waals surface area contributed by atoms with E-state index in [0.29, 0.717) is 24.3 Å². The number of likely N-dealkylation sites (tertiary alicyclic amines) is 1. The van der Waals surface area contributed by atoms with Gasteiger partial charge in [0.25, 0.3) is 0 Å². The molecule has 2 aliphatic rings. The first-order valence-electron chi connectivity index (χ1n) is 8.85. The van der Waals surface area contributed by atoms with E-state index >= 15 is 0 Å². The van der Waals surface area contributed by atoms with Gasteiger partial charge < -0.3 is 15.3 Å². The molecule has 2 fully saturated rings. The molecule has 3 unspecified atom stereocenters. The lowest BCUT2D eigenvalue weighted by molar-refractivity contribution is -0.131. The van der Waals surface area contributed by atoms with Crippen molar-refractivity contribution in [1.29, 1.82) is 0 Å². The van der Waals surface area contributed by atoms with Crippen LogP contribution in [0.2, 0.25) is 0 Å². The lowest BCUT2D eigenvalue weighted by atomic mass is 9.84. The fourth-order valence-corrected chi connectivity index (χ4v) is 3.78. The highest BCUT2D eigenvalue weighted by atomic mass is 16.3. The van der Waals surface area contributed by atoms with Gasteiger partial charge in [-0.25, -0.2) is 0 Å². The maximum Gasteiger partial charge on any atom is 0.224 e. The maximum atomic E-state index is 12.4. The fraction of sp³-hybridized carbons (Fsp3) is 0.941. The second-order valence-corrected chi connectivity index (χ2v) is 6.90. The molecular formula is C17H32N2O2. The van der Waals surface area contributed by atoms with Gasteiger partial charge in [-0.3, -0.25) is 4.79 Å². The monoisotopic (exact) mass is 296 g/mol. The van der Waals surface area contributed by atoms with Crippen LogP contribution in [-0.2, 0) is 4.79 Å². The molecule has 0 aromatic rings. The number of nitrogens with zero attached hydrogens (tertiary/aromatic N) is 1. The van der Waals surface area contributed by atoms with E-state index in [1.165, 1.54) is 25.7 Å². The van der Waals surface area contributed by atoms with E-state index in [9.17, 15) is 9.90 Å². The largest absolute Gasteiger partial charge is 0.396 e. The average Bonchev–Trinajstić information content (AvgIpc) is 2.76. The molecule has 2 N–H and O–H groups in total. The van der Waals surface area contributed by atoms with Gasteiger partial charge in [0, 0.05) is 38.2 Å². The van der Waals surface area contributed by atoms with Crippen molar-refractivity contribution in [3.05, 3.63) is 0 Å². The fourth-order valence-electron chi connectivity index (χ4n) is 3.78. The summed E-state index contributed by atoms with van der Waals surface area (Å²) in [6.07, 6.45) is 10.1. The summed E-state index contributed by atoms with van der Waals surface area (Å²) >= 11 is 0. The highest BCUT2D eigenvalue weighted by Gasteiger charge is 2.26. The molecule has 4 heteroatoms. The molecule has 0 bridgehead atoms. The van der Waals surface area contributed by atoms with Gasteiger partial charge in [0.1, 0.15) is 0 Å². The van der Waals surface area contributed by atoms with E-state index in [1.54, 1.807) is 0 Å². The van der Waals surface area contributed by atoms with Gasteiger partial charge in [0.2, 0.25) is 5.91 Å². The van der Waals surface area contributed by atoms with Crippen molar-refractivity contribution in [2.24, 2.45) is 5.92 Å².